The molecule has 0 bridgehead atoms. The number of carboxylic acids is 1. The maximum absolute atomic E-state index is 13.3. The lowest BCUT2D eigenvalue weighted by Crippen LogP contribution is -2.55. The van der Waals surface area contributed by atoms with Crippen LogP contribution in [-0.4, -0.2) is 87.1 Å². The number of aliphatic hydroxyl groups is 2. The number of hydrogen-bond acceptors (Lipinski definition) is 8. The summed E-state index contributed by atoms with van der Waals surface area (Å²) >= 11 is 1.47. The zero-order chi connectivity index (χ0) is 29.8. The lowest BCUT2D eigenvalue weighted by Gasteiger charge is -2.31. The van der Waals surface area contributed by atoms with E-state index < -0.39 is 65.7 Å². The number of ether oxygens (including phenoxy) is 1. The minimum Gasteiger partial charge on any atom is -0.480 e. The van der Waals surface area contributed by atoms with Crippen LogP contribution in [0.4, 0.5) is 4.79 Å². The van der Waals surface area contributed by atoms with E-state index in [2.05, 4.69) is 16.0 Å². The Morgan fingerprint density at radius 3 is 1.89 bits per heavy atom. The van der Waals surface area contributed by atoms with E-state index in [1.807, 2.05) is 20.1 Å². The molecule has 0 radical (unpaired) electrons. The Kier molecular flexibility index (Phi) is 15.9. The Labute approximate surface area is 231 Å². The van der Waals surface area contributed by atoms with Crippen molar-refractivity contribution < 1.29 is 39.2 Å². The van der Waals surface area contributed by atoms with Gasteiger partial charge in [-0.15, -0.1) is 0 Å². The van der Waals surface area contributed by atoms with Gasteiger partial charge in [0.2, 0.25) is 11.8 Å². The molecule has 6 N–H and O–H groups in total. The topological polar surface area (TPSA) is 174 Å². The maximum Gasteiger partial charge on any atom is 0.408 e. The summed E-state index contributed by atoms with van der Waals surface area (Å²) in [4.78, 5) is 50.1. The summed E-state index contributed by atoms with van der Waals surface area (Å²) in [6, 6.07) is -3.16. The second-order valence-corrected chi connectivity index (χ2v) is 12.4. The van der Waals surface area contributed by atoms with Crippen LogP contribution in [0.5, 0.6) is 0 Å². The molecular weight excluding hydrogens is 514 g/mol. The number of carbonyl (C=O) groups is 4. The highest BCUT2D eigenvalue weighted by atomic mass is 32.2. The molecule has 11 nitrogen and oxygen atoms in total. The third-order valence-electron chi connectivity index (χ3n) is 5.74. The van der Waals surface area contributed by atoms with E-state index in [1.165, 1.54) is 18.7 Å². The number of alkyl carbamates (subject to hydrolysis) is 1. The molecule has 0 rings (SSSR count). The standard InChI is InChI=1S/C26H49N3O8S/c1-14(2)12-17(13-19(31)21(16(5)30)29-25(36)37-26(6,7)8)22(32)28-20(15(3)4)23(33)27-18(24(34)35)10-11-38-9/h14-21,30-31H,10-13H2,1-9H3,(H,27,33)(H,28,32)(H,29,36)(H,34,35)/t16-,17-,18+,19-,20+,21+/m1/s1. The van der Waals surface area contributed by atoms with Crippen molar-refractivity contribution in [2.45, 2.75) is 111 Å². The van der Waals surface area contributed by atoms with Gasteiger partial charge in [-0.25, -0.2) is 9.59 Å². The van der Waals surface area contributed by atoms with Crippen molar-refractivity contribution in [3.8, 4) is 0 Å². The van der Waals surface area contributed by atoms with Crippen LogP contribution in [0.1, 0.15) is 74.7 Å². The Balaban J connectivity index is 5.65. The molecule has 0 aliphatic carbocycles. The van der Waals surface area contributed by atoms with Crippen LogP contribution in [0.2, 0.25) is 0 Å². The molecule has 3 amide bonds. The number of nitrogens with one attached hydrogen (secondary N) is 3. The van der Waals surface area contributed by atoms with Gasteiger partial charge in [0.15, 0.2) is 0 Å². The SMILES string of the molecule is CSCC[C@H](NC(=O)[C@@H](NC(=O)[C@H](CC(C)C)C[C@@H](O)[C@@H](NC(=O)OC(C)(C)C)[C@@H](C)O)C(C)C)C(=O)O. The van der Waals surface area contributed by atoms with Crippen LogP contribution in [0, 0.1) is 17.8 Å². The molecule has 0 spiro atoms. The molecule has 12 heteroatoms. The molecule has 0 aromatic carbocycles. The van der Waals surface area contributed by atoms with Crippen LogP contribution < -0.4 is 16.0 Å². The molecule has 0 fully saturated rings. The molecule has 0 aromatic heterocycles. The predicted octanol–water partition coefficient (Wildman–Crippen LogP) is 2.14. The van der Waals surface area contributed by atoms with E-state index in [9.17, 15) is 34.5 Å². The number of hydrogen-bond donors (Lipinski definition) is 6. The van der Waals surface area contributed by atoms with Crippen molar-refractivity contribution >= 4 is 35.6 Å². The van der Waals surface area contributed by atoms with Gasteiger partial charge in [-0.05, 0) is 70.8 Å². The van der Waals surface area contributed by atoms with E-state index in [-0.39, 0.29) is 24.7 Å². The third-order valence-corrected chi connectivity index (χ3v) is 6.39. The molecular formula is C26H49N3O8S. The summed E-state index contributed by atoms with van der Waals surface area (Å²) in [5.74, 6) is -2.69. The molecule has 222 valence electrons. The minimum absolute atomic E-state index is 0.0658. The lowest BCUT2D eigenvalue weighted by molar-refractivity contribution is -0.142. The van der Waals surface area contributed by atoms with Crippen LogP contribution in [-0.2, 0) is 19.1 Å². The summed E-state index contributed by atoms with van der Waals surface area (Å²) in [6.45, 7) is 13.8. The normalized spacial score (nSPS) is 16.7. The van der Waals surface area contributed by atoms with E-state index in [0.717, 1.165) is 0 Å². The van der Waals surface area contributed by atoms with Crippen molar-refractivity contribution in [2.75, 3.05) is 12.0 Å². The Hall–Kier alpha value is -2.05. The van der Waals surface area contributed by atoms with Crippen molar-refractivity contribution in [1.82, 2.24) is 16.0 Å². The molecule has 0 unspecified atom stereocenters. The number of thioether (sulfide) groups is 1. The fourth-order valence-electron chi connectivity index (χ4n) is 3.86. The number of carbonyl (C=O) groups excluding carboxylic acids is 3. The highest BCUT2D eigenvalue weighted by Crippen LogP contribution is 2.21. The average Bonchev–Trinajstić information content (AvgIpc) is 2.75. The van der Waals surface area contributed by atoms with Gasteiger partial charge in [0.05, 0.1) is 18.2 Å². The smallest absolute Gasteiger partial charge is 0.408 e. The molecule has 6 atom stereocenters. The first-order valence-electron chi connectivity index (χ1n) is 13.1. The van der Waals surface area contributed by atoms with Crippen molar-refractivity contribution in [3.63, 3.8) is 0 Å². The summed E-state index contributed by atoms with van der Waals surface area (Å²) in [5.41, 5.74) is -0.778. The van der Waals surface area contributed by atoms with E-state index >= 15 is 0 Å². The van der Waals surface area contributed by atoms with Crippen LogP contribution >= 0.6 is 11.8 Å². The third kappa shape index (κ3) is 14.2. The van der Waals surface area contributed by atoms with Crippen molar-refractivity contribution in [1.29, 1.82) is 0 Å². The first kappa shape index (κ1) is 35.9. The van der Waals surface area contributed by atoms with Crippen LogP contribution in [0.25, 0.3) is 0 Å². The summed E-state index contributed by atoms with van der Waals surface area (Å²) in [5, 5.41) is 38.3. The fourth-order valence-corrected chi connectivity index (χ4v) is 4.33. The summed E-state index contributed by atoms with van der Waals surface area (Å²) < 4.78 is 5.22. The van der Waals surface area contributed by atoms with Gasteiger partial charge < -0.3 is 36.0 Å². The highest BCUT2D eigenvalue weighted by molar-refractivity contribution is 7.98. The summed E-state index contributed by atoms with van der Waals surface area (Å²) in [7, 11) is 0. The molecule has 0 saturated carbocycles. The monoisotopic (exact) mass is 563 g/mol. The molecule has 0 aromatic rings. The zero-order valence-electron chi connectivity index (χ0n) is 24.2. The fraction of sp³-hybridized carbons (Fsp3) is 0.846. The lowest BCUT2D eigenvalue weighted by atomic mass is 9.87. The molecule has 0 heterocycles. The van der Waals surface area contributed by atoms with Crippen molar-refractivity contribution in [2.24, 2.45) is 17.8 Å². The van der Waals surface area contributed by atoms with Gasteiger partial charge >= 0.3 is 12.1 Å². The number of aliphatic carboxylic acids is 1. The number of rotatable bonds is 16. The van der Waals surface area contributed by atoms with Gasteiger partial charge in [0.1, 0.15) is 17.7 Å². The van der Waals surface area contributed by atoms with Gasteiger partial charge in [-0.3, -0.25) is 9.59 Å². The average molecular weight is 564 g/mol. The zero-order valence-corrected chi connectivity index (χ0v) is 25.1. The van der Waals surface area contributed by atoms with E-state index in [1.54, 1.807) is 34.6 Å². The molecule has 0 aliphatic heterocycles. The predicted molar refractivity (Wildman–Crippen MR) is 148 cm³/mol. The van der Waals surface area contributed by atoms with Gasteiger partial charge in [0.25, 0.3) is 0 Å². The maximum atomic E-state index is 13.3. The highest BCUT2D eigenvalue weighted by Gasteiger charge is 2.35. The Bertz CT molecular complexity index is 770. The quantitative estimate of drug-likeness (QED) is 0.164. The number of amides is 3. The van der Waals surface area contributed by atoms with Crippen LogP contribution in [0.3, 0.4) is 0 Å². The second kappa shape index (κ2) is 16.8. The van der Waals surface area contributed by atoms with Crippen molar-refractivity contribution in [3.05, 3.63) is 0 Å². The Morgan fingerprint density at radius 1 is 0.895 bits per heavy atom. The first-order valence-corrected chi connectivity index (χ1v) is 14.5. The molecule has 38 heavy (non-hydrogen) atoms. The number of carboxylic acid groups (broad SMARTS) is 1. The van der Waals surface area contributed by atoms with Gasteiger partial charge in [-0.1, -0.05) is 27.7 Å². The first-order chi connectivity index (χ1) is 17.4. The van der Waals surface area contributed by atoms with Gasteiger partial charge in [0, 0.05) is 5.92 Å². The second-order valence-electron chi connectivity index (χ2n) is 11.5. The van der Waals surface area contributed by atoms with E-state index in [4.69, 9.17) is 4.74 Å². The summed E-state index contributed by atoms with van der Waals surface area (Å²) in [6.07, 6.45) is -0.859. The largest absolute Gasteiger partial charge is 0.480 e. The molecule has 0 saturated heterocycles. The Morgan fingerprint density at radius 2 is 1.47 bits per heavy atom. The molecule has 0 aliphatic rings. The van der Waals surface area contributed by atoms with Gasteiger partial charge in [-0.2, -0.15) is 11.8 Å². The van der Waals surface area contributed by atoms with E-state index in [0.29, 0.717) is 12.2 Å². The minimum atomic E-state index is -1.29. The van der Waals surface area contributed by atoms with Crippen LogP contribution in [0.15, 0.2) is 0 Å². The number of aliphatic hydroxyl groups excluding tert-OH is 2.